The van der Waals surface area contributed by atoms with Crippen LogP contribution in [-0.2, 0) is 10.0 Å². The number of benzene rings is 1. The molecule has 0 radical (unpaired) electrons. The quantitative estimate of drug-likeness (QED) is 0.870. The summed E-state index contributed by atoms with van der Waals surface area (Å²) >= 11 is 0. The summed E-state index contributed by atoms with van der Waals surface area (Å²) in [4.78, 5) is 0.370. The van der Waals surface area contributed by atoms with Crippen LogP contribution in [0.1, 0.15) is 31.2 Å². The average Bonchev–Trinajstić information content (AvgIpc) is 2.38. The van der Waals surface area contributed by atoms with E-state index >= 15 is 0 Å². The summed E-state index contributed by atoms with van der Waals surface area (Å²) in [7, 11) is -3.38. The smallest absolute Gasteiger partial charge is 0.208 e. The number of hydrogen-bond acceptors (Lipinski definition) is 2. The number of hydrogen-bond donors (Lipinski definition) is 1. The number of nitrogens with one attached hydrogen (secondary N) is 1. The molecule has 3 atom stereocenters. The summed E-state index contributed by atoms with van der Waals surface area (Å²) in [5, 5.41) is 0. The molecule has 2 bridgehead atoms. The minimum absolute atomic E-state index is 0.0787. The second kappa shape index (κ2) is 5.34. The molecule has 1 aromatic rings. The molecule has 2 aliphatic rings. The highest BCUT2D eigenvalue weighted by Gasteiger charge is 2.31. The summed E-state index contributed by atoms with van der Waals surface area (Å²) in [6.45, 7) is 1.96. The molecule has 4 heteroatoms. The van der Waals surface area contributed by atoms with Crippen LogP contribution in [0, 0.1) is 18.8 Å². The van der Waals surface area contributed by atoms with Gasteiger partial charge in [0.2, 0.25) is 10.0 Å². The molecule has 3 unspecified atom stereocenters. The molecule has 0 amide bonds. The van der Waals surface area contributed by atoms with Gasteiger partial charge in [0.05, 0.1) is 4.90 Å². The molecule has 0 aliphatic heterocycles. The van der Waals surface area contributed by atoms with E-state index in [1.807, 2.05) is 19.1 Å². The van der Waals surface area contributed by atoms with Crippen LogP contribution >= 0.6 is 0 Å². The van der Waals surface area contributed by atoms with Crippen molar-refractivity contribution in [1.29, 1.82) is 0 Å². The first-order valence-electron chi connectivity index (χ1n) is 7.28. The standard InChI is InChI=1S/C16H21NO2S/c1-12-5-7-16(8-6-12)20(18,19)17-15-10-13-3-2-4-14(9-13)11-15/h2-3,5-8,13-15,17H,4,9-11H2,1H3. The van der Waals surface area contributed by atoms with Crippen molar-refractivity contribution >= 4 is 10.0 Å². The van der Waals surface area contributed by atoms with E-state index in [1.54, 1.807) is 12.1 Å². The maximum Gasteiger partial charge on any atom is 0.240 e. The molecule has 1 saturated carbocycles. The lowest BCUT2D eigenvalue weighted by molar-refractivity contribution is 0.250. The molecular weight excluding hydrogens is 270 g/mol. The van der Waals surface area contributed by atoms with E-state index in [0.29, 0.717) is 16.7 Å². The number of aryl methyl sites for hydroxylation is 1. The van der Waals surface area contributed by atoms with Crippen LogP contribution in [0.15, 0.2) is 41.3 Å². The van der Waals surface area contributed by atoms with Crippen LogP contribution < -0.4 is 4.72 Å². The van der Waals surface area contributed by atoms with Crippen LogP contribution in [0.3, 0.4) is 0 Å². The Balaban J connectivity index is 1.73. The SMILES string of the molecule is Cc1ccc(S(=O)(=O)NC2CC3C=CCC(C3)C2)cc1. The van der Waals surface area contributed by atoms with Crippen LogP contribution in [0.25, 0.3) is 0 Å². The van der Waals surface area contributed by atoms with E-state index in [-0.39, 0.29) is 6.04 Å². The lowest BCUT2D eigenvalue weighted by Crippen LogP contribution is -2.41. The highest BCUT2D eigenvalue weighted by molar-refractivity contribution is 7.89. The van der Waals surface area contributed by atoms with Crippen molar-refractivity contribution in [3.8, 4) is 0 Å². The highest BCUT2D eigenvalue weighted by atomic mass is 32.2. The molecule has 0 saturated heterocycles. The van der Waals surface area contributed by atoms with Gasteiger partial charge < -0.3 is 0 Å². The zero-order valence-electron chi connectivity index (χ0n) is 11.7. The monoisotopic (exact) mass is 291 g/mol. The van der Waals surface area contributed by atoms with E-state index < -0.39 is 10.0 Å². The Kier molecular flexibility index (Phi) is 3.69. The van der Waals surface area contributed by atoms with Gasteiger partial charge in [0.1, 0.15) is 0 Å². The number of sulfonamides is 1. The molecule has 0 aromatic heterocycles. The maximum absolute atomic E-state index is 12.4. The topological polar surface area (TPSA) is 46.2 Å². The van der Waals surface area contributed by atoms with Crippen LogP contribution in [-0.4, -0.2) is 14.5 Å². The summed E-state index contributed by atoms with van der Waals surface area (Å²) in [6.07, 6.45) is 8.72. The maximum atomic E-state index is 12.4. The third-order valence-electron chi connectivity index (χ3n) is 4.37. The Morgan fingerprint density at radius 3 is 2.55 bits per heavy atom. The van der Waals surface area contributed by atoms with Crippen molar-refractivity contribution in [2.75, 3.05) is 0 Å². The molecular formula is C16H21NO2S. The van der Waals surface area contributed by atoms with E-state index in [9.17, 15) is 8.42 Å². The zero-order chi connectivity index (χ0) is 14.2. The normalized spacial score (nSPS) is 29.4. The van der Waals surface area contributed by atoms with Gasteiger partial charge >= 0.3 is 0 Å². The molecule has 20 heavy (non-hydrogen) atoms. The highest BCUT2D eigenvalue weighted by Crippen LogP contribution is 2.36. The molecule has 3 nitrogen and oxygen atoms in total. The Hall–Kier alpha value is -1.13. The van der Waals surface area contributed by atoms with Crippen molar-refractivity contribution in [2.24, 2.45) is 11.8 Å². The molecule has 1 N–H and O–H groups in total. The summed E-state index contributed by atoms with van der Waals surface area (Å²) in [6, 6.07) is 7.12. The van der Waals surface area contributed by atoms with Gasteiger partial charge in [-0.05, 0) is 56.6 Å². The van der Waals surface area contributed by atoms with Crippen LogP contribution in [0.4, 0.5) is 0 Å². The third-order valence-corrected chi connectivity index (χ3v) is 5.91. The summed E-state index contributed by atoms with van der Waals surface area (Å²) in [5.74, 6) is 1.19. The Morgan fingerprint density at radius 2 is 1.85 bits per heavy atom. The van der Waals surface area contributed by atoms with Crippen LogP contribution in [0.2, 0.25) is 0 Å². The molecule has 108 valence electrons. The lowest BCUT2D eigenvalue weighted by Gasteiger charge is -2.36. The van der Waals surface area contributed by atoms with Gasteiger partial charge in [0, 0.05) is 6.04 Å². The molecule has 0 spiro atoms. The van der Waals surface area contributed by atoms with E-state index in [4.69, 9.17) is 0 Å². The Labute approximate surface area is 121 Å². The minimum atomic E-state index is -3.38. The molecule has 1 fully saturated rings. The molecule has 0 heterocycles. The van der Waals surface area contributed by atoms with Gasteiger partial charge in [0.15, 0.2) is 0 Å². The minimum Gasteiger partial charge on any atom is -0.208 e. The summed E-state index contributed by atoms with van der Waals surface area (Å²) in [5.41, 5.74) is 1.07. The molecule has 3 rings (SSSR count). The number of fused-ring (bicyclic) bond motifs is 2. The molecule has 2 aliphatic carbocycles. The fourth-order valence-electron chi connectivity index (χ4n) is 3.40. The fourth-order valence-corrected chi connectivity index (χ4v) is 4.66. The van der Waals surface area contributed by atoms with E-state index in [0.717, 1.165) is 24.8 Å². The van der Waals surface area contributed by atoms with Gasteiger partial charge in [-0.3, -0.25) is 0 Å². The van der Waals surface area contributed by atoms with Gasteiger partial charge in [-0.25, -0.2) is 13.1 Å². The first-order chi connectivity index (χ1) is 9.53. The second-order valence-corrected chi connectivity index (χ2v) is 7.84. The second-order valence-electron chi connectivity index (χ2n) is 6.13. The predicted octanol–water partition coefficient (Wildman–Crippen LogP) is 3.02. The molecule has 1 aromatic carbocycles. The van der Waals surface area contributed by atoms with Crippen molar-refractivity contribution < 1.29 is 8.42 Å². The number of allylic oxidation sites excluding steroid dienone is 2. The first-order valence-corrected chi connectivity index (χ1v) is 8.77. The van der Waals surface area contributed by atoms with Crippen molar-refractivity contribution in [3.63, 3.8) is 0 Å². The zero-order valence-corrected chi connectivity index (χ0v) is 12.6. The average molecular weight is 291 g/mol. The van der Waals surface area contributed by atoms with Crippen LogP contribution in [0.5, 0.6) is 0 Å². The van der Waals surface area contributed by atoms with Gasteiger partial charge in [-0.15, -0.1) is 0 Å². The van der Waals surface area contributed by atoms with E-state index in [2.05, 4.69) is 16.9 Å². The van der Waals surface area contributed by atoms with Gasteiger partial charge in [0.25, 0.3) is 0 Å². The van der Waals surface area contributed by atoms with E-state index in [1.165, 1.54) is 6.42 Å². The van der Waals surface area contributed by atoms with Crippen molar-refractivity contribution in [3.05, 3.63) is 42.0 Å². The third kappa shape index (κ3) is 2.96. The fraction of sp³-hybridized carbons (Fsp3) is 0.500. The van der Waals surface area contributed by atoms with Gasteiger partial charge in [-0.2, -0.15) is 0 Å². The van der Waals surface area contributed by atoms with Crippen molar-refractivity contribution in [1.82, 2.24) is 4.72 Å². The first kappa shape index (κ1) is 13.8. The summed E-state index contributed by atoms with van der Waals surface area (Å²) < 4.78 is 27.7. The predicted molar refractivity (Wildman–Crippen MR) is 79.9 cm³/mol. The Morgan fingerprint density at radius 1 is 1.10 bits per heavy atom. The number of rotatable bonds is 3. The largest absolute Gasteiger partial charge is 0.240 e. The van der Waals surface area contributed by atoms with Gasteiger partial charge in [-0.1, -0.05) is 29.8 Å². The Bertz CT molecular complexity index is 604. The van der Waals surface area contributed by atoms with Crippen molar-refractivity contribution in [2.45, 2.75) is 43.5 Å². The lowest BCUT2D eigenvalue weighted by atomic mass is 9.74.